The van der Waals surface area contributed by atoms with E-state index in [9.17, 15) is 5.11 Å². The molecule has 0 radical (unpaired) electrons. The molecule has 0 saturated carbocycles. The second-order valence-electron chi connectivity index (χ2n) is 6.01. The lowest BCUT2D eigenvalue weighted by molar-refractivity contribution is 0.225. The fraction of sp³-hybridized carbons (Fsp3) is 0.625. The van der Waals surface area contributed by atoms with Crippen molar-refractivity contribution in [2.45, 2.75) is 13.5 Å². The summed E-state index contributed by atoms with van der Waals surface area (Å²) in [6.07, 6.45) is 0. The zero-order valence-electron chi connectivity index (χ0n) is 13.0. The number of aryl methyl sites for hydroxylation is 1. The standard InChI is InChI=1S/C16H27N3O/c1-14-4-5-16(20)15(12-14)13-19-10-8-17(2)6-7-18(3)9-11-19/h4-5,12,20H,6-11,13H2,1-3H3. The lowest BCUT2D eigenvalue weighted by atomic mass is 10.1. The molecule has 0 amide bonds. The Labute approximate surface area is 122 Å². The molecule has 20 heavy (non-hydrogen) atoms. The highest BCUT2D eigenvalue weighted by atomic mass is 16.3. The number of phenolic OH excluding ortho intramolecular Hbond substituents is 1. The van der Waals surface area contributed by atoms with Crippen LogP contribution in [0, 0.1) is 6.92 Å². The van der Waals surface area contributed by atoms with E-state index < -0.39 is 0 Å². The summed E-state index contributed by atoms with van der Waals surface area (Å²) in [5.74, 6) is 0.414. The van der Waals surface area contributed by atoms with Crippen LogP contribution < -0.4 is 0 Å². The molecule has 1 aromatic rings. The quantitative estimate of drug-likeness (QED) is 0.884. The van der Waals surface area contributed by atoms with Crippen LogP contribution in [0.25, 0.3) is 0 Å². The van der Waals surface area contributed by atoms with Crippen molar-refractivity contribution in [2.24, 2.45) is 0 Å². The van der Waals surface area contributed by atoms with Crippen LogP contribution in [0.4, 0.5) is 0 Å². The number of likely N-dealkylation sites (N-methyl/N-ethyl adjacent to an activating group) is 2. The first kappa shape index (κ1) is 15.3. The van der Waals surface area contributed by atoms with Gasteiger partial charge in [0.25, 0.3) is 0 Å². The van der Waals surface area contributed by atoms with E-state index in [1.807, 2.05) is 6.07 Å². The van der Waals surface area contributed by atoms with Crippen molar-refractivity contribution in [3.8, 4) is 5.75 Å². The van der Waals surface area contributed by atoms with Crippen LogP contribution in [0.5, 0.6) is 5.75 Å². The summed E-state index contributed by atoms with van der Waals surface area (Å²) in [6.45, 7) is 9.43. The van der Waals surface area contributed by atoms with Gasteiger partial charge < -0.3 is 14.9 Å². The summed E-state index contributed by atoms with van der Waals surface area (Å²) in [4.78, 5) is 7.20. The van der Waals surface area contributed by atoms with Gasteiger partial charge in [0.2, 0.25) is 0 Å². The molecule has 1 N–H and O–H groups in total. The van der Waals surface area contributed by atoms with Gasteiger partial charge in [-0.15, -0.1) is 0 Å². The molecule has 4 heteroatoms. The van der Waals surface area contributed by atoms with Crippen LogP contribution in [0.3, 0.4) is 0 Å². The molecule has 0 aliphatic carbocycles. The fourth-order valence-corrected chi connectivity index (χ4v) is 2.54. The summed E-state index contributed by atoms with van der Waals surface area (Å²) < 4.78 is 0. The van der Waals surface area contributed by atoms with Crippen molar-refractivity contribution >= 4 is 0 Å². The Bertz CT molecular complexity index is 422. The number of rotatable bonds is 2. The normalized spacial score (nSPS) is 20.4. The van der Waals surface area contributed by atoms with Gasteiger partial charge in [0, 0.05) is 51.4 Å². The first-order valence-electron chi connectivity index (χ1n) is 7.42. The lowest BCUT2D eigenvalue weighted by Crippen LogP contribution is -2.34. The molecule has 1 aromatic carbocycles. The number of nitrogens with zero attached hydrogens (tertiary/aromatic N) is 3. The zero-order valence-corrected chi connectivity index (χ0v) is 13.0. The van der Waals surface area contributed by atoms with Crippen LogP contribution in [0.1, 0.15) is 11.1 Å². The monoisotopic (exact) mass is 277 g/mol. The molecule has 0 atom stereocenters. The first-order chi connectivity index (χ1) is 9.54. The molecular weight excluding hydrogens is 250 g/mol. The number of phenols is 1. The summed E-state index contributed by atoms with van der Waals surface area (Å²) in [5, 5.41) is 10.0. The van der Waals surface area contributed by atoms with Crippen LogP contribution in [-0.4, -0.2) is 73.2 Å². The maximum Gasteiger partial charge on any atom is 0.120 e. The average Bonchev–Trinajstić information content (AvgIpc) is 2.49. The Morgan fingerprint density at radius 3 is 2.10 bits per heavy atom. The van der Waals surface area contributed by atoms with Crippen LogP contribution in [0.15, 0.2) is 18.2 Å². The van der Waals surface area contributed by atoms with E-state index in [0.717, 1.165) is 51.4 Å². The maximum atomic E-state index is 10.0. The highest BCUT2D eigenvalue weighted by molar-refractivity contribution is 5.35. The smallest absolute Gasteiger partial charge is 0.120 e. The number of aromatic hydroxyl groups is 1. The van der Waals surface area contributed by atoms with Gasteiger partial charge >= 0.3 is 0 Å². The molecule has 0 bridgehead atoms. The third kappa shape index (κ3) is 4.47. The molecule has 0 unspecified atom stereocenters. The second-order valence-corrected chi connectivity index (χ2v) is 6.01. The Hall–Kier alpha value is -1.10. The molecule has 1 heterocycles. The third-order valence-electron chi connectivity index (χ3n) is 4.09. The minimum atomic E-state index is 0.414. The van der Waals surface area contributed by atoms with Gasteiger partial charge in [-0.1, -0.05) is 17.7 Å². The van der Waals surface area contributed by atoms with Crippen molar-refractivity contribution in [3.63, 3.8) is 0 Å². The molecule has 1 aliphatic rings. The molecule has 2 rings (SSSR count). The Morgan fingerprint density at radius 2 is 1.50 bits per heavy atom. The predicted molar refractivity (Wildman–Crippen MR) is 83.1 cm³/mol. The van der Waals surface area contributed by atoms with E-state index >= 15 is 0 Å². The summed E-state index contributed by atoms with van der Waals surface area (Å²) in [6, 6.07) is 5.85. The minimum Gasteiger partial charge on any atom is -0.508 e. The highest BCUT2D eigenvalue weighted by Crippen LogP contribution is 2.20. The second kappa shape index (κ2) is 7.07. The van der Waals surface area contributed by atoms with Gasteiger partial charge in [-0.3, -0.25) is 4.90 Å². The van der Waals surface area contributed by atoms with E-state index in [1.165, 1.54) is 5.56 Å². The topological polar surface area (TPSA) is 30.0 Å². The van der Waals surface area contributed by atoms with Gasteiger partial charge in [0.15, 0.2) is 0 Å². The van der Waals surface area contributed by atoms with Gasteiger partial charge in [-0.25, -0.2) is 0 Å². The molecule has 0 spiro atoms. The van der Waals surface area contributed by atoms with E-state index in [-0.39, 0.29) is 0 Å². The zero-order chi connectivity index (χ0) is 14.5. The molecule has 0 aromatic heterocycles. The molecule has 1 fully saturated rings. The van der Waals surface area contributed by atoms with Crippen molar-refractivity contribution in [1.82, 2.24) is 14.7 Å². The molecule has 1 saturated heterocycles. The van der Waals surface area contributed by atoms with Gasteiger partial charge in [0.1, 0.15) is 5.75 Å². The molecular formula is C16H27N3O. The Kier molecular flexibility index (Phi) is 5.40. The number of hydrogen-bond acceptors (Lipinski definition) is 4. The van der Waals surface area contributed by atoms with Crippen molar-refractivity contribution < 1.29 is 5.11 Å². The summed E-state index contributed by atoms with van der Waals surface area (Å²) in [7, 11) is 4.36. The number of benzene rings is 1. The van der Waals surface area contributed by atoms with Crippen molar-refractivity contribution in [2.75, 3.05) is 53.4 Å². The van der Waals surface area contributed by atoms with Crippen LogP contribution >= 0.6 is 0 Å². The molecule has 1 aliphatic heterocycles. The summed E-state index contributed by atoms with van der Waals surface area (Å²) >= 11 is 0. The largest absolute Gasteiger partial charge is 0.508 e. The number of hydrogen-bond donors (Lipinski definition) is 1. The van der Waals surface area contributed by atoms with E-state index in [1.54, 1.807) is 6.07 Å². The minimum absolute atomic E-state index is 0.414. The lowest BCUT2D eigenvalue weighted by Gasteiger charge is -2.24. The average molecular weight is 277 g/mol. The van der Waals surface area contributed by atoms with Crippen LogP contribution in [-0.2, 0) is 6.54 Å². The first-order valence-corrected chi connectivity index (χ1v) is 7.42. The molecule has 4 nitrogen and oxygen atoms in total. The Morgan fingerprint density at radius 1 is 0.950 bits per heavy atom. The Balaban J connectivity index is 2.03. The van der Waals surface area contributed by atoms with Crippen molar-refractivity contribution in [1.29, 1.82) is 0 Å². The maximum absolute atomic E-state index is 10.0. The van der Waals surface area contributed by atoms with Crippen molar-refractivity contribution in [3.05, 3.63) is 29.3 Å². The third-order valence-corrected chi connectivity index (χ3v) is 4.09. The van der Waals surface area contributed by atoms with E-state index in [0.29, 0.717) is 5.75 Å². The van der Waals surface area contributed by atoms with E-state index in [2.05, 4.69) is 41.8 Å². The van der Waals surface area contributed by atoms with Gasteiger partial charge in [-0.05, 0) is 27.1 Å². The van der Waals surface area contributed by atoms with E-state index in [4.69, 9.17) is 0 Å². The van der Waals surface area contributed by atoms with Gasteiger partial charge in [-0.2, -0.15) is 0 Å². The van der Waals surface area contributed by atoms with Crippen LogP contribution in [0.2, 0.25) is 0 Å². The summed E-state index contributed by atoms with van der Waals surface area (Å²) in [5.41, 5.74) is 2.24. The molecule has 112 valence electrons. The SMILES string of the molecule is Cc1ccc(O)c(CN2CCN(C)CCN(C)CC2)c1. The fourth-order valence-electron chi connectivity index (χ4n) is 2.54. The highest BCUT2D eigenvalue weighted by Gasteiger charge is 2.14. The van der Waals surface area contributed by atoms with Gasteiger partial charge in [0.05, 0.1) is 0 Å². The predicted octanol–water partition coefficient (Wildman–Crippen LogP) is 1.38.